The maximum absolute atomic E-state index is 13.5. The van der Waals surface area contributed by atoms with Crippen LogP contribution in [0.5, 0.6) is 11.5 Å². The van der Waals surface area contributed by atoms with Crippen molar-refractivity contribution < 1.29 is 17.9 Å². The fourth-order valence-corrected chi connectivity index (χ4v) is 5.31. The summed E-state index contributed by atoms with van der Waals surface area (Å²) in [6.07, 6.45) is 4.68. The summed E-state index contributed by atoms with van der Waals surface area (Å²) >= 11 is 0. The van der Waals surface area contributed by atoms with Gasteiger partial charge in [0.05, 0.1) is 30.3 Å². The molecule has 0 aliphatic carbocycles. The van der Waals surface area contributed by atoms with Gasteiger partial charge in [-0.1, -0.05) is 18.2 Å². The first kappa shape index (κ1) is 19.5. The number of benzene rings is 2. The average Bonchev–Trinajstić information content (AvgIpc) is 2.78. The molecule has 2 heterocycles. The predicted molar refractivity (Wildman–Crippen MR) is 113 cm³/mol. The zero-order valence-corrected chi connectivity index (χ0v) is 17.4. The highest BCUT2D eigenvalue weighted by Gasteiger charge is 2.28. The monoisotopic (exact) mass is 412 g/mol. The highest BCUT2D eigenvalue weighted by Crippen LogP contribution is 2.41. The third kappa shape index (κ3) is 3.51. The number of nitrogens with zero attached hydrogens (tertiary/aromatic N) is 2. The second kappa shape index (κ2) is 7.91. The Morgan fingerprint density at radius 2 is 1.59 bits per heavy atom. The van der Waals surface area contributed by atoms with Crippen LogP contribution in [0.15, 0.2) is 58.5 Å². The number of anilines is 1. The maximum atomic E-state index is 13.5. The van der Waals surface area contributed by atoms with E-state index in [4.69, 9.17) is 9.47 Å². The van der Waals surface area contributed by atoms with E-state index in [0.29, 0.717) is 22.7 Å². The Morgan fingerprint density at radius 3 is 2.24 bits per heavy atom. The molecular formula is C22H24N2O4S. The molecule has 0 saturated carbocycles. The molecule has 0 unspecified atom stereocenters. The molecule has 0 spiro atoms. The minimum atomic E-state index is -3.72. The van der Waals surface area contributed by atoms with E-state index >= 15 is 0 Å². The van der Waals surface area contributed by atoms with Crippen LogP contribution in [0.25, 0.3) is 10.9 Å². The topological polar surface area (TPSA) is 68.7 Å². The van der Waals surface area contributed by atoms with Gasteiger partial charge in [-0.05, 0) is 37.5 Å². The standard InChI is InChI=1S/C22H24N2O4S/c1-27-19-13-17-18(14-20(19)28-2)23-15-21(22(17)24-11-7-4-8-12-24)29(25,26)16-9-5-3-6-10-16/h3,5-6,9-10,13-15H,4,7-8,11-12H2,1-2H3. The van der Waals surface area contributed by atoms with Crippen LogP contribution in [0.3, 0.4) is 0 Å². The summed E-state index contributed by atoms with van der Waals surface area (Å²) in [7, 11) is -0.577. The normalized spacial score (nSPS) is 14.8. The largest absolute Gasteiger partial charge is 0.493 e. The Kier molecular flexibility index (Phi) is 5.32. The van der Waals surface area contributed by atoms with E-state index in [-0.39, 0.29) is 9.79 Å². The molecule has 0 atom stereocenters. The summed E-state index contributed by atoms with van der Waals surface area (Å²) in [5.74, 6) is 1.12. The van der Waals surface area contributed by atoms with Crippen LogP contribution >= 0.6 is 0 Å². The second-order valence-electron chi connectivity index (χ2n) is 7.06. The van der Waals surface area contributed by atoms with Gasteiger partial charge in [0, 0.05) is 30.7 Å². The first-order valence-corrected chi connectivity index (χ1v) is 11.1. The van der Waals surface area contributed by atoms with Gasteiger partial charge in [-0.2, -0.15) is 0 Å². The van der Waals surface area contributed by atoms with Crippen molar-refractivity contribution in [2.45, 2.75) is 29.1 Å². The Balaban J connectivity index is 2.01. The van der Waals surface area contributed by atoms with Gasteiger partial charge < -0.3 is 14.4 Å². The molecule has 1 saturated heterocycles. The molecule has 3 aromatic rings. The van der Waals surface area contributed by atoms with Crippen molar-refractivity contribution in [3.63, 3.8) is 0 Å². The molecule has 1 aliphatic rings. The molecule has 6 nitrogen and oxygen atoms in total. The Bertz CT molecular complexity index is 1120. The zero-order valence-electron chi connectivity index (χ0n) is 16.6. The highest BCUT2D eigenvalue weighted by molar-refractivity contribution is 7.91. The van der Waals surface area contributed by atoms with E-state index in [2.05, 4.69) is 9.88 Å². The first-order valence-electron chi connectivity index (χ1n) is 9.66. The number of ether oxygens (including phenoxy) is 2. The molecule has 1 aliphatic heterocycles. The zero-order chi connectivity index (χ0) is 20.4. The van der Waals surface area contributed by atoms with Gasteiger partial charge in [-0.3, -0.25) is 4.98 Å². The van der Waals surface area contributed by atoms with Gasteiger partial charge in [0.25, 0.3) is 0 Å². The molecule has 7 heteroatoms. The van der Waals surface area contributed by atoms with Crippen LogP contribution in [-0.4, -0.2) is 40.7 Å². The van der Waals surface area contributed by atoms with Crippen molar-refractivity contribution in [3.8, 4) is 11.5 Å². The van der Waals surface area contributed by atoms with Crippen molar-refractivity contribution in [1.82, 2.24) is 4.98 Å². The fraction of sp³-hybridized carbons (Fsp3) is 0.318. The molecule has 1 aromatic heterocycles. The van der Waals surface area contributed by atoms with E-state index < -0.39 is 9.84 Å². The molecule has 2 aromatic carbocycles. The molecule has 1 fully saturated rings. The van der Waals surface area contributed by atoms with Gasteiger partial charge >= 0.3 is 0 Å². The molecule has 0 amide bonds. The van der Waals surface area contributed by atoms with Gasteiger partial charge in [0.1, 0.15) is 4.90 Å². The minimum Gasteiger partial charge on any atom is -0.493 e. The van der Waals surface area contributed by atoms with Gasteiger partial charge in [-0.15, -0.1) is 0 Å². The predicted octanol–water partition coefficient (Wildman–Crippen LogP) is 4.08. The third-order valence-corrected chi connectivity index (χ3v) is 7.10. The van der Waals surface area contributed by atoms with Crippen molar-refractivity contribution in [2.24, 2.45) is 0 Å². The van der Waals surface area contributed by atoms with Crippen LogP contribution in [-0.2, 0) is 9.84 Å². The first-order chi connectivity index (χ1) is 14.1. The smallest absolute Gasteiger partial charge is 0.210 e. The number of hydrogen-bond donors (Lipinski definition) is 0. The molecular weight excluding hydrogens is 388 g/mol. The van der Waals surface area contributed by atoms with Crippen molar-refractivity contribution in [3.05, 3.63) is 48.7 Å². The van der Waals surface area contributed by atoms with E-state index in [9.17, 15) is 8.42 Å². The number of rotatable bonds is 5. The summed E-state index contributed by atoms with van der Waals surface area (Å²) in [5, 5.41) is 0.751. The summed E-state index contributed by atoms with van der Waals surface area (Å²) in [4.78, 5) is 7.12. The van der Waals surface area contributed by atoms with Gasteiger partial charge in [0.2, 0.25) is 9.84 Å². The second-order valence-corrected chi connectivity index (χ2v) is 8.98. The average molecular weight is 413 g/mol. The van der Waals surface area contributed by atoms with E-state index in [1.807, 2.05) is 6.07 Å². The SMILES string of the molecule is COc1cc2ncc(S(=O)(=O)c3ccccc3)c(N3CCCCC3)c2cc1OC. The molecule has 0 N–H and O–H groups in total. The number of hydrogen-bond acceptors (Lipinski definition) is 6. The number of aromatic nitrogens is 1. The lowest BCUT2D eigenvalue weighted by Gasteiger charge is -2.31. The third-order valence-electron chi connectivity index (χ3n) is 5.33. The quantitative estimate of drug-likeness (QED) is 0.629. The minimum absolute atomic E-state index is 0.227. The number of sulfone groups is 1. The van der Waals surface area contributed by atoms with E-state index in [0.717, 1.165) is 37.7 Å². The molecule has 152 valence electrons. The molecule has 29 heavy (non-hydrogen) atoms. The fourth-order valence-electron chi connectivity index (χ4n) is 3.85. The maximum Gasteiger partial charge on any atom is 0.210 e. The van der Waals surface area contributed by atoms with Gasteiger partial charge in [0.15, 0.2) is 11.5 Å². The van der Waals surface area contributed by atoms with Crippen LogP contribution in [0.4, 0.5) is 5.69 Å². The lowest BCUT2D eigenvalue weighted by Crippen LogP contribution is -2.31. The van der Waals surface area contributed by atoms with Crippen molar-refractivity contribution in [1.29, 1.82) is 0 Å². The van der Waals surface area contributed by atoms with Gasteiger partial charge in [-0.25, -0.2) is 8.42 Å². The molecule has 0 bridgehead atoms. The summed E-state index contributed by atoms with van der Waals surface area (Å²) in [6.45, 7) is 1.62. The Hall–Kier alpha value is -2.80. The van der Waals surface area contributed by atoms with Crippen LogP contribution in [0.2, 0.25) is 0 Å². The van der Waals surface area contributed by atoms with Crippen LogP contribution < -0.4 is 14.4 Å². The van der Waals surface area contributed by atoms with Crippen molar-refractivity contribution >= 4 is 26.4 Å². The summed E-state index contributed by atoms with van der Waals surface area (Å²) in [6, 6.07) is 12.1. The lowest BCUT2D eigenvalue weighted by molar-refractivity contribution is 0.356. The highest BCUT2D eigenvalue weighted by atomic mass is 32.2. The van der Waals surface area contributed by atoms with Crippen LogP contribution in [0.1, 0.15) is 19.3 Å². The summed E-state index contributed by atoms with van der Waals surface area (Å²) < 4.78 is 37.9. The number of piperidine rings is 1. The molecule has 0 radical (unpaired) electrons. The number of pyridine rings is 1. The van der Waals surface area contributed by atoms with Crippen LogP contribution in [0, 0.1) is 0 Å². The number of fused-ring (bicyclic) bond motifs is 1. The van der Waals surface area contributed by atoms with Crippen molar-refractivity contribution in [2.75, 3.05) is 32.2 Å². The molecule has 4 rings (SSSR count). The van der Waals surface area contributed by atoms with E-state index in [1.54, 1.807) is 50.6 Å². The Morgan fingerprint density at radius 1 is 0.931 bits per heavy atom. The number of methoxy groups -OCH3 is 2. The Labute approximate surface area is 171 Å². The summed E-state index contributed by atoms with van der Waals surface area (Å²) in [5.41, 5.74) is 1.37. The van der Waals surface area contributed by atoms with E-state index in [1.165, 1.54) is 6.20 Å². The lowest BCUT2D eigenvalue weighted by atomic mass is 10.1.